The minimum Gasteiger partial charge on any atom is -0.450 e. The van der Waals surface area contributed by atoms with Gasteiger partial charge in [-0.15, -0.1) is 24.0 Å². The molecular weight excluding hydrogens is 497 g/mol. The van der Waals surface area contributed by atoms with Crippen molar-refractivity contribution in [2.24, 2.45) is 4.99 Å². The molecule has 1 aromatic rings. The van der Waals surface area contributed by atoms with Crippen LogP contribution in [0.2, 0.25) is 0 Å². The summed E-state index contributed by atoms with van der Waals surface area (Å²) < 4.78 is 5.05. The van der Waals surface area contributed by atoms with Crippen LogP contribution in [0.15, 0.2) is 29.3 Å². The topological polar surface area (TPSA) is 77.5 Å². The molecule has 2 heterocycles. The highest BCUT2D eigenvalue weighted by Gasteiger charge is 2.24. The van der Waals surface area contributed by atoms with Gasteiger partial charge in [-0.3, -0.25) is 9.79 Å². The fraction of sp³-hybridized carbons (Fsp3) is 0.571. The largest absolute Gasteiger partial charge is 0.450 e. The number of fused-ring (bicyclic) bond motifs is 1. The minimum absolute atomic E-state index is 0. The van der Waals surface area contributed by atoms with Crippen molar-refractivity contribution in [3.05, 3.63) is 35.4 Å². The summed E-state index contributed by atoms with van der Waals surface area (Å²) in [6, 6.07) is 8.23. The number of amides is 2. The molecule has 0 spiro atoms. The number of carbonyl (C=O) groups is 2. The van der Waals surface area contributed by atoms with Gasteiger partial charge in [0, 0.05) is 59.3 Å². The van der Waals surface area contributed by atoms with Crippen molar-refractivity contribution in [1.29, 1.82) is 0 Å². The maximum absolute atomic E-state index is 12.5. The number of hydrogen-bond donors (Lipinski definition) is 1. The van der Waals surface area contributed by atoms with Crippen LogP contribution < -0.4 is 5.32 Å². The first-order valence-corrected chi connectivity index (χ1v) is 10.3. The normalized spacial score (nSPS) is 16.1. The van der Waals surface area contributed by atoms with Crippen molar-refractivity contribution in [3.8, 4) is 0 Å². The number of nitrogens with one attached hydrogen (secondary N) is 1. The Bertz CT molecular complexity index is 725. The number of nitrogens with zero attached hydrogens (tertiary/aromatic N) is 4. The van der Waals surface area contributed by atoms with Crippen LogP contribution in [0, 0.1) is 0 Å². The van der Waals surface area contributed by atoms with Gasteiger partial charge in [-0.25, -0.2) is 4.79 Å². The van der Waals surface area contributed by atoms with Crippen LogP contribution in [0.4, 0.5) is 4.79 Å². The maximum atomic E-state index is 12.5. The summed E-state index contributed by atoms with van der Waals surface area (Å²) in [5, 5.41) is 3.34. The lowest BCUT2D eigenvalue weighted by atomic mass is 10.1. The van der Waals surface area contributed by atoms with E-state index in [0.29, 0.717) is 45.8 Å². The standard InChI is InChI=1S/C21H31N5O3.HI/c1-3-29-21(28)25-13-11-24(12-14-25)20(22-2)23-10-6-9-19(27)26-15-17-7-4-5-8-18(17)16-26;/h4-5,7-8H,3,6,9-16H2,1-2H3,(H,22,23);1H. The van der Waals surface area contributed by atoms with E-state index in [9.17, 15) is 9.59 Å². The first-order chi connectivity index (χ1) is 14.1. The van der Waals surface area contributed by atoms with Crippen LogP contribution in [0.5, 0.6) is 0 Å². The van der Waals surface area contributed by atoms with Gasteiger partial charge in [0.15, 0.2) is 5.96 Å². The molecule has 1 fully saturated rings. The zero-order chi connectivity index (χ0) is 20.6. The zero-order valence-corrected chi connectivity index (χ0v) is 20.1. The Hall–Kier alpha value is -2.04. The van der Waals surface area contributed by atoms with Crippen molar-refractivity contribution < 1.29 is 14.3 Å². The van der Waals surface area contributed by atoms with E-state index >= 15 is 0 Å². The number of piperazine rings is 1. The molecule has 3 rings (SSSR count). The van der Waals surface area contributed by atoms with E-state index in [0.717, 1.165) is 25.5 Å². The first kappa shape index (κ1) is 24.2. The second kappa shape index (κ2) is 12.0. The first-order valence-electron chi connectivity index (χ1n) is 10.3. The van der Waals surface area contributed by atoms with Crippen molar-refractivity contribution in [1.82, 2.24) is 20.0 Å². The van der Waals surface area contributed by atoms with Crippen LogP contribution in [0.3, 0.4) is 0 Å². The molecule has 0 bridgehead atoms. The van der Waals surface area contributed by atoms with E-state index in [1.54, 1.807) is 11.9 Å². The molecule has 0 unspecified atom stereocenters. The molecule has 0 saturated carbocycles. The molecule has 8 nitrogen and oxygen atoms in total. The highest BCUT2D eigenvalue weighted by Crippen LogP contribution is 2.22. The summed E-state index contributed by atoms with van der Waals surface area (Å²) in [5.74, 6) is 1.01. The van der Waals surface area contributed by atoms with E-state index < -0.39 is 0 Å². The number of halogens is 1. The van der Waals surface area contributed by atoms with Crippen LogP contribution in [-0.2, 0) is 22.6 Å². The van der Waals surface area contributed by atoms with E-state index in [-0.39, 0.29) is 36.0 Å². The molecule has 0 aliphatic carbocycles. The number of rotatable bonds is 5. The Balaban J connectivity index is 0.00000320. The number of carbonyl (C=O) groups excluding carboxylic acids is 2. The van der Waals surface area contributed by atoms with Gasteiger partial charge in [0.2, 0.25) is 5.91 Å². The van der Waals surface area contributed by atoms with Gasteiger partial charge in [-0.2, -0.15) is 0 Å². The Kier molecular flexibility index (Phi) is 9.67. The summed E-state index contributed by atoms with van der Waals surface area (Å²) in [6.07, 6.45) is 1.03. The fourth-order valence-corrected chi connectivity index (χ4v) is 3.76. The number of guanidine groups is 1. The lowest BCUT2D eigenvalue weighted by Gasteiger charge is -2.35. The quantitative estimate of drug-likeness (QED) is 0.274. The molecule has 0 atom stereocenters. The van der Waals surface area contributed by atoms with Crippen LogP contribution >= 0.6 is 24.0 Å². The van der Waals surface area contributed by atoms with Crippen molar-refractivity contribution in [2.45, 2.75) is 32.9 Å². The van der Waals surface area contributed by atoms with E-state index in [1.807, 2.05) is 24.0 Å². The number of ether oxygens (including phenoxy) is 1. The third-order valence-corrected chi connectivity index (χ3v) is 5.36. The van der Waals surface area contributed by atoms with Gasteiger partial charge in [0.05, 0.1) is 6.61 Å². The summed E-state index contributed by atoms with van der Waals surface area (Å²) in [5.41, 5.74) is 2.50. The predicted molar refractivity (Wildman–Crippen MR) is 127 cm³/mol. The fourth-order valence-electron chi connectivity index (χ4n) is 3.76. The maximum Gasteiger partial charge on any atom is 0.409 e. The van der Waals surface area contributed by atoms with Crippen LogP contribution in [0.1, 0.15) is 30.9 Å². The molecule has 2 aliphatic rings. The van der Waals surface area contributed by atoms with Crippen molar-refractivity contribution in [2.75, 3.05) is 46.4 Å². The van der Waals surface area contributed by atoms with Crippen molar-refractivity contribution in [3.63, 3.8) is 0 Å². The molecular formula is C21H32IN5O3. The van der Waals surface area contributed by atoms with Crippen LogP contribution in [0.25, 0.3) is 0 Å². The molecule has 30 heavy (non-hydrogen) atoms. The average molecular weight is 529 g/mol. The highest BCUT2D eigenvalue weighted by atomic mass is 127. The van der Waals surface area contributed by atoms with E-state index in [2.05, 4.69) is 27.3 Å². The van der Waals surface area contributed by atoms with Gasteiger partial charge < -0.3 is 24.8 Å². The molecule has 166 valence electrons. The number of hydrogen-bond acceptors (Lipinski definition) is 4. The summed E-state index contributed by atoms with van der Waals surface area (Å²) in [6.45, 7) is 6.99. The Morgan fingerprint density at radius 1 is 1.03 bits per heavy atom. The van der Waals surface area contributed by atoms with E-state index in [4.69, 9.17) is 4.74 Å². The van der Waals surface area contributed by atoms with Gasteiger partial charge in [0.1, 0.15) is 0 Å². The SMILES string of the molecule is CCOC(=O)N1CCN(C(=NC)NCCCC(=O)N2Cc3ccccc3C2)CC1.I. The second-order valence-corrected chi connectivity index (χ2v) is 7.27. The third-order valence-electron chi connectivity index (χ3n) is 5.36. The average Bonchev–Trinajstić information content (AvgIpc) is 3.18. The van der Waals surface area contributed by atoms with Gasteiger partial charge in [-0.05, 0) is 24.5 Å². The lowest BCUT2D eigenvalue weighted by Crippen LogP contribution is -2.54. The molecule has 2 aliphatic heterocycles. The molecule has 1 N–H and O–H groups in total. The Morgan fingerprint density at radius 2 is 1.63 bits per heavy atom. The summed E-state index contributed by atoms with van der Waals surface area (Å²) >= 11 is 0. The number of aliphatic imine (C=N–C) groups is 1. The molecule has 1 saturated heterocycles. The monoisotopic (exact) mass is 529 g/mol. The van der Waals surface area contributed by atoms with E-state index in [1.165, 1.54) is 11.1 Å². The highest BCUT2D eigenvalue weighted by molar-refractivity contribution is 14.0. The van der Waals surface area contributed by atoms with Gasteiger partial charge in [0.25, 0.3) is 0 Å². The second-order valence-electron chi connectivity index (χ2n) is 7.27. The zero-order valence-electron chi connectivity index (χ0n) is 17.8. The summed E-state index contributed by atoms with van der Waals surface area (Å²) in [7, 11) is 1.76. The lowest BCUT2D eigenvalue weighted by molar-refractivity contribution is -0.131. The molecule has 1 aromatic carbocycles. The number of benzene rings is 1. The Morgan fingerprint density at radius 3 is 2.20 bits per heavy atom. The van der Waals surface area contributed by atoms with Gasteiger partial charge in [-0.1, -0.05) is 24.3 Å². The predicted octanol–water partition coefficient (Wildman–Crippen LogP) is 2.28. The minimum atomic E-state index is -0.252. The van der Waals surface area contributed by atoms with Gasteiger partial charge >= 0.3 is 6.09 Å². The summed E-state index contributed by atoms with van der Waals surface area (Å²) in [4.78, 5) is 34.4. The molecule has 2 amide bonds. The molecule has 0 aromatic heterocycles. The smallest absolute Gasteiger partial charge is 0.409 e. The Labute approximate surface area is 195 Å². The third kappa shape index (κ3) is 6.23. The van der Waals surface area contributed by atoms with Crippen LogP contribution in [-0.4, -0.2) is 79.0 Å². The molecule has 9 heteroatoms. The molecule has 0 radical (unpaired) electrons. The van der Waals surface area contributed by atoms with Crippen molar-refractivity contribution >= 4 is 41.9 Å².